The van der Waals surface area contributed by atoms with Gasteiger partial charge in [-0.2, -0.15) is 4.98 Å². The van der Waals surface area contributed by atoms with Gasteiger partial charge in [-0.05, 0) is 48.9 Å². The van der Waals surface area contributed by atoms with Crippen LogP contribution in [0.25, 0.3) is 11.4 Å². The lowest BCUT2D eigenvalue weighted by Crippen LogP contribution is -2.31. The summed E-state index contributed by atoms with van der Waals surface area (Å²) in [5.41, 5.74) is 3.50. The van der Waals surface area contributed by atoms with Crippen molar-refractivity contribution in [1.29, 1.82) is 0 Å². The zero-order valence-electron chi connectivity index (χ0n) is 18.1. The standard InChI is InChI=1S/C24H21N7O2/c1-15-20(23(32)28-18-6-4-10-26-14-18)21(16-8-11-25-12-9-16)31-24(27-15)29-22(30-31)17-5-3-7-19(13-17)33-2/h3-14,21H,1-2H3,(H,28,32)(H,27,29,30). The summed E-state index contributed by atoms with van der Waals surface area (Å²) in [5, 5.41) is 10.9. The summed E-state index contributed by atoms with van der Waals surface area (Å²) in [7, 11) is 1.62. The van der Waals surface area contributed by atoms with Gasteiger partial charge in [-0.15, -0.1) is 5.10 Å². The minimum absolute atomic E-state index is 0.251. The van der Waals surface area contributed by atoms with Crippen LogP contribution in [0.1, 0.15) is 18.5 Å². The van der Waals surface area contributed by atoms with Gasteiger partial charge in [0.05, 0.1) is 24.6 Å². The quantitative estimate of drug-likeness (QED) is 0.489. The monoisotopic (exact) mass is 439 g/mol. The van der Waals surface area contributed by atoms with E-state index in [0.29, 0.717) is 34.5 Å². The molecule has 0 bridgehead atoms. The van der Waals surface area contributed by atoms with Crippen LogP contribution in [0, 0.1) is 0 Å². The summed E-state index contributed by atoms with van der Waals surface area (Å²) in [6, 6.07) is 14.4. The van der Waals surface area contributed by atoms with Crippen molar-refractivity contribution >= 4 is 17.5 Å². The SMILES string of the molecule is COc1cccc(-c2nc3n(n2)C(c2ccncc2)C(C(=O)Nc2cccnc2)=C(C)N3)c1. The maximum absolute atomic E-state index is 13.4. The number of hydrogen-bond donors (Lipinski definition) is 2. The summed E-state index contributed by atoms with van der Waals surface area (Å²) in [6.45, 7) is 1.86. The molecule has 164 valence electrons. The Bertz CT molecular complexity index is 1330. The third-order valence-electron chi connectivity index (χ3n) is 5.37. The van der Waals surface area contributed by atoms with Gasteiger partial charge >= 0.3 is 0 Å². The number of carbonyl (C=O) groups is 1. The van der Waals surface area contributed by atoms with Gasteiger partial charge in [-0.1, -0.05) is 12.1 Å². The van der Waals surface area contributed by atoms with Crippen LogP contribution in [0.3, 0.4) is 0 Å². The van der Waals surface area contributed by atoms with E-state index < -0.39 is 6.04 Å². The van der Waals surface area contributed by atoms with Crippen LogP contribution in [0.4, 0.5) is 11.6 Å². The molecule has 4 aromatic rings. The van der Waals surface area contributed by atoms with Gasteiger partial charge in [0.25, 0.3) is 5.91 Å². The Kier molecular flexibility index (Phi) is 5.27. The Morgan fingerprint density at radius 1 is 1.09 bits per heavy atom. The van der Waals surface area contributed by atoms with Crippen LogP contribution >= 0.6 is 0 Å². The Balaban J connectivity index is 1.59. The lowest BCUT2D eigenvalue weighted by molar-refractivity contribution is -0.113. The van der Waals surface area contributed by atoms with Gasteiger partial charge in [-0.3, -0.25) is 14.8 Å². The number of ether oxygens (including phenoxy) is 1. The number of allylic oxidation sites excluding steroid dienone is 1. The number of amides is 1. The predicted octanol–water partition coefficient (Wildman–Crippen LogP) is 3.67. The molecule has 0 saturated carbocycles. The zero-order valence-corrected chi connectivity index (χ0v) is 18.1. The van der Waals surface area contributed by atoms with Crippen molar-refractivity contribution < 1.29 is 9.53 Å². The van der Waals surface area contributed by atoms with E-state index in [1.165, 1.54) is 0 Å². The van der Waals surface area contributed by atoms with Crippen molar-refractivity contribution in [3.05, 3.63) is 90.2 Å². The summed E-state index contributed by atoms with van der Waals surface area (Å²) in [5.74, 6) is 1.53. The highest BCUT2D eigenvalue weighted by molar-refractivity contribution is 6.05. The van der Waals surface area contributed by atoms with Gasteiger partial charge < -0.3 is 15.4 Å². The number of benzene rings is 1. The topological polar surface area (TPSA) is 107 Å². The number of methoxy groups -OCH3 is 1. The molecule has 2 N–H and O–H groups in total. The van der Waals surface area contributed by atoms with Gasteiger partial charge in [0.15, 0.2) is 5.82 Å². The summed E-state index contributed by atoms with van der Waals surface area (Å²) in [4.78, 5) is 26.3. The minimum Gasteiger partial charge on any atom is -0.497 e. The number of carbonyl (C=O) groups excluding carboxylic acids is 1. The highest BCUT2D eigenvalue weighted by Gasteiger charge is 2.34. The molecule has 0 saturated heterocycles. The molecule has 1 amide bonds. The first-order valence-electron chi connectivity index (χ1n) is 10.3. The van der Waals surface area contributed by atoms with Gasteiger partial charge in [-0.25, -0.2) is 4.68 Å². The lowest BCUT2D eigenvalue weighted by Gasteiger charge is -2.28. The summed E-state index contributed by atoms with van der Waals surface area (Å²) < 4.78 is 7.07. The van der Waals surface area contributed by atoms with E-state index in [4.69, 9.17) is 14.8 Å². The number of pyridine rings is 2. The average Bonchev–Trinajstić information content (AvgIpc) is 3.28. The van der Waals surface area contributed by atoms with E-state index in [1.807, 2.05) is 43.3 Å². The second-order valence-electron chi connectivity index (χ2n) is 7.48. The molecule has 1 aliphatic heterocycles. The number of anilines is 2. The molecule has 1 unspecified atom stereocenters. The zero-order chi connectivity index (χ0) is 22.8. The van der Waals surface area contributed by atoms with Crippen LogP contribution in [0.15, 0.2) is 84.6 Å². The van der Waals surface area contributed by atoms with Crippen LogP contribution in [-0.2, 0) is 4.79 Å². The van der Waals surface area contributed by atoms with Crippen LogP contribution in [0.5, 0.6) is 5.75 Å². The van der Waals surface area contributed by atoms with Crippen molar-refractivity contribution in [2.45, 2.75) is 13.0 Å². The summed E-state index contributed by atoms with van der Waals surface area (Å²) in [6.07, 6.45) is 6.66. The first-order valence-corrected chi connectivity index (χ1v) is 10.3. The molecule has 0 fully saturated rings. The molecule has 9 heteroatoms. The third-order valence-corrected chi connectivity index (χ3v) is 5.37. The number of aromatic nitrogens is 5. The molecular formula is C24H21N7O2. The van der Waals surface area contributed by atoms with Gasteiger partial charge in [0, 0.05) is 29.9 Å². The largest absolute Gasteiger partial charge is 0.497 e. The van der Waals surface area contributed by atoms with Crippen LogP contribution < -0.4 is 15.4 Å². The third kappa shape index (κ3) is 3.91. The molecule has 1 aliphatic rings. The van der Waals surface area contributed by atoms with Crippen molar-refractivity contribution in [3.8, 4) is 17.1 Å². The minimum atomic E-state index is -0.493. The maximum Gasteiger partial charge on any atom is 0.255 e. The van der Waals surface area contributed by atoms with Crippen LogP contribution in [-0.4, -0.2) is 37.7 Å². The number of nitrogens with one attached hydrogen (secondary N) is 2. The van der Waals surface area contributed by atoms with Gasteiger partial charge in [0.1, 0.15) is 11.8 Å². The van der Waals surface area contributed by atoms with E-state index in [2.05, 4.69) is 20.6 Å². The molecular weight excluding hydrogens is 418 g/mol. The molecule has 1 atom stereocenters. The number of rotatable bonds is 5. The summed E-state index contributed by atoms with van der Waals surface area (Å²) >= 11 is 0. The van der Waals surface area contributed by atoms with E-state index >= 15 is 0 Å². The Morgan fingerprint density at radius 2 is 1.94 bits per heavy atom. The molecule has 3 aromatic heterocycles. The molecule has 0 aliphatic carbocycles. The Labute approximate surface area is 190 Å². The first kappa shape index (κ1) is 20.4. The van der Waals surface area contributed by atoms with Crippen molar-refractivity contribution in [2.24, 2.45) is 0 Å². The highest BCUT2D eigenvalue weighted by Crippen LogP contribution is 2.36. The number of fused-ring (bicyclic) bond motifs is 1. The van der Waals surface area contributed by atoms with Crippen molar-refractivity contribution in [3.63, 3.8) is 0 Å². The molecule has 0 spiro atoms. The fraction of sp³-hybridized carbons (Fsp3) is 0.125. The highest BCUT2D eigenvalue weighted by atomic mass is 16.5. The molecule has 0 radical (unpaired) electrons. The molecule has 9 nitrogen and oxygen atoms in total. The average molecular weight is 439 g/mol. The number of hydrogen-bond acceptors (Lipinski definition) is 7. The Hall–Kier alpha value is -4.53. The van der Waals surface area contributed by atoms with E-state index in [-0.39, 0.29) is 5.91 Å². The normalized spacial score (nSPS) is 14.9. The molecule has 33 heavy (non-hydrogen) atoms. The fourth-order valence-electron chi connectivity index (χ4n) is 3.82. The van der Waals surface area contributed by atoms with E-state index in [9.17, 15) is 4.79 Å². The maximum atomic E-state index is 13.4. The predicted molar refractivity (Wildman–Crippen MR) is 124 cm³/mol. The molecule has 4 heterocycles. The second kappa shape index (κ2) is 8.54. The molecule has 1 aromatic carbocycles. The van der Waals surface area contributed by atoms with Crippen molar-refractivity contribution in [2.75, 3.05) is 17.7 Å². The lowest BCUT2D eigenvalue weighted by atomic mass is 9.96. The molecule has 5 rings (SSSR count). The van der Waals surface area contributed by atoms with E-state index in [0.717, 1.165) is 11.1 Å². The van der Waals surface area contributed by atoms with Crippen LogP contribution in [0.2, 0.25) is 0 Å². The fourth-order valence-corrected chi connectivity index (χ4v) is 3.82. The van der Waals surface area contributed by atoms with Gasteiger partial charge in [0.2, 0.25) is 5.95 Å². The van der Waals surface area contributed by atoms with E-state index in [1.54, 1.807) is 48.7 Å². The number of nitrogens with zero attached hydrogens (tertiary/aromatic N) is 5. The Morgan fingerprint density at radius 3 is 2.70 bits per heavy atom. The first-order chi connectivity index (χ1) is 16.1. The van der Waals surface area contributed by atoms with Crippen molar-refractivity contribution in [1.82, 2.24) is 24.7 Å². The second-order valence-corrected chi connectivity index (χ2v) is 7.48. The smallest absolute Gasteiger partial charge is 0.255 e.